The molecular formula is C15H17N5O2. The van der Waals surface area contributed by atoms with Gasteiger partial charge in [0.15, 0.2) is 17.2 Å². The van der Waals surface area contributed by atoms with E-state index < -0.39 is 0 Å². The lowest BCUT2D eigenvalue weighted by Crippen LogP contribution is -2.13. The van der Waals surface area contributed by atoms with Crippen molar-refractivity contribution in [3.8, 4) is 22.8 Å². The summed E-state index contributed by atoms with van der Waals surface area (Å²) in [6, 6.07) is 3.76. The summed E-state index contributed by atoms with van der Waals surface area (Å²) in [6.07, 6.45) is 5.30. The molecule has 0 saturated heterocycles. The molecule has 114 valence electrons. The molecule has 0 aliphatic carbocycles. The Morgan fingerprint density at radius 1 is 1.18 bits per heavy atom. The van der Waals surface area contributed by atoms with Crippen molar-refractivity contribution >= 4 is 11.5 Å². The predicted octanol–water partition coefficient (Wildman–Crippen LogP) is 1.87. The molecule has 3 aromatic rings. The van der Waals surface area contributed by atoms with Gasteiger partial charge in [0.1, 0.15) is 0 Å². The third kappa shape index (κ3) is 2.30. The van der Waals surface area contributed by atoms with E-state index in [2.05, 4.69) is 15.1 Å². The van der Waals surface area contributed by atoms with Gasteiger partial charge in [-0.2, -0.15) is 5.10 Å². The Bertz CT molecular complexity index is 813. The number of fused-ring (bicyclic) bond motifs is 1. The maximum Gasteiger partial charge on any atom is 0.213 e. The van der Waals surface area contributed by atoms with Crippen LogP contribution < -0.4 is 14.4 Å². The average Bonchev–Trinajstić information content (AvgIpc) is 2.96. The van der Waals surface area contributed by atoms with E-state index in [1.807, 2.05) is 37.3 Å². The minimum absolute atomic E-state index is 0.554. The van der Waals surface area contributed by atoms with Crippen LogP contribution in [0, 0.1) is 0 Å². The highest BCUT2D eigenvalue weighted by Gasteiger charge is 2.15. The number of hydrogen-bond donors (Lipinski definition) is 0. The lowest BCUT2D eigenvalue weighted by molar-refractivity contribution is 0.398. The molecule has 3 aromatic heterocycles. The minimum atomic E-state index is 0.554. The molecule has 0 aliphatic heterocycles. The highest BCUT2D eigenvalue weighted by molar-refractivity contribution is 5.78. The molecule has 0 aliphatic rings. The monoisotopic (exact) mass is 299 g/mol. The third-order valence-corrected chi connectivity index (χ3v) is 3.34. The topological polar surface area (TPSA) is 64.8 Å². The van der Waals surface area contributed by atoms with E-state index in [0.717, 1.165) is 22.6 Å². The summed E-state index contributed by atoms with van der Waals surface area (Å²) < 4.78 is 12.3. The van der Waals surface area contributed by atoms with Gasteiger partial charge >= 0.3 is 0 Å². The van der Waals surface area contributed by atoms with Crippen molar-refractivity contribution in [1.82, 2.24) is 19.6 Å². The van der Waals surface area contributed by atoms with Gasteiger partial charge in [-0.3, -0.25) is 0 Å². The zero-order valence-electron chi connectivity index (χ0n) is 12.9. The summed E-state index contributed by atoms with van der Waals surface area (Å²) in [5.41, 5.74) is 2.61. The van der Waals surface area contributed by atoms with Crippen molar-refractivity contribution in [3.05, 3.63) is 30.7 Å². The van der Waals surface area contributed by atoms with Crippen molar-refractivity contribution in [3.63, 3.8) is 0 Å². The number of anilines is 1. The second-order valence-corrected chi connectivity index (χ2v) is 4.94. The van der Waals surface area contributed by atoms with Crippen LogP contribution in [0.4, 0.5) is 5.82 Å². The fourth-order valence-electron chi connectivity index (χ4n) is 2.24. The second-order valence-electron chi connectivity index (χ2n) is 4.94. The largest absolute Gasteiger partial charge is 0.491 e. The van der Waals surface area contributed by atoms with Crippen LogP contribution in [0.2, 0.25) is 0 Å². The summed E-state index contributed by atoms with van der Waals surface area (Å²) >= 11 is 0. The standard InChI is InChI=1S/C15H17N5O2/c1-19(2)15-12(21-3)9-20-14(18-15)11(8-17-20)10-5-6-16-13(7-10)22-4/h5-9H,1-4H3. The average molecular weight is 299 g/mol. The van der Waals surface area contributed by atoms with Crippen LogP contribution in [0.15, 0.2) is 30.7 Å². The summed E-state index contributed by atoms with van der Waals surface area (Å²) in [7, 11) is 7.06. The van der Waals surface area contributed by atoms with Crippen LogP contribution in [0.25, 0.3) is 16.8 Å². The lowest BCUT2D eigenvalue weighted by atomic mass is 10.1. The quantitative estimate of drug-likeness (QED) is 0.733. The first kappa shape index (κ1) is 14.1. The van der Waals surface area contributed by atoms with E-state index >= 15 is 0 Å². The van der Waals surface area contributed by atoms with Gasteiger partial charge in [0.2, 0.25) is 5.88 Å². The Morgan fingerprint density at radius 2 is 2.00 bits per heavy atom. The lowest BCUT2D eigenvalue weighted by Gasteiger charge is -2.15. The van der Waals surface area contributed by atoms with Crippen molar-refractivity contribution < 1.29 is 9.47 Å². The number of ether oxygens (including phenoxy) is 2. The Balaban J connectivity index is 2.20. The summed E-state index contributed by atoms with van der Waals surface area (Å²) in [5.74, 6) is 1.97. The van der Waals surface area contributed by atoms with Gasteiger partial charge in [-0.15, -0.1) is 0 Å². The second kappa shape index (κ2) is 5.51. The highest BCUT2D eigenvalue weighted by Crippen LogP contribution is 2.30. The van der Waals surface area contributed by atoms with Gasteiger partial charge in [-0.25, -0.2) is 14.5 Å². The van der Waals surface area contributed by atoms with Crippen molar-refractivity contribution in [2.24, 2.45) is 0 Å². The molecule has 7 nitrogen and oxygen atoms in total. The molecule has 0 saturated carbocycles. The zero-order valence-corrected chi connectivity index (χ0v) is 12.9. The molecule has 3 heterocycles. The van der Waals surface area contributed by atoms with Gasteiger partial charge in [0.25, 0.3) is 0 Å². The molecule has 0 spiro atoms. The van der Waals surface area contributed by atoms with Crippen LogP contribution >= 0.6 is 0 Å². The van der Waals surface area contributed by atoms with Crippen LogP contribution in [-0.2, 0) is 0 Å². The third-order valence-electron chi connectivity index (χ3n) is 3.34. The number of hydrogen-bond acceptors (Lipinski definition) is 6. The van der Waals surface area contributed by atoms with Crippen LogP contribution in [-0.4, -0.2) is 47.9 Å². The van der Waals surface area contributed by atoms with Gasteiger partial charge < -0.3 is 14.4 Å². The summed E-state index contributed by atoms with van der Waals surface area (Å²) in [4.78, 5) is 10.7. The molecule has 0 bridgehead atoms. The maximum atomic E-state index is 5.37. The van der Waals surface area contributed by atoms with Gasteiger partial charge in [-0.1, -0.05) is 0 Å². The van der Waals surface area contributed by atoms with E-state index in [1.165, 1.54) is 0 Å². The molecular weight excluding hydrogens is 282 g/mol. The highest BCUT2D eigenvalue weighted by atomic mass is 16.5. The van der Waals surface area contributed by atoms with Crippen molar-refractivity contribution in [1.29, 1.82) is 0 Å². The smallest absolute Gasteiger partial charge is 0.213 e. The Morgan fingerprint density at radius 3 is 2.68 bits per heavy atom. The number of methoxy groups -OCH3 is 2. The first-order chi connectivity index (χ1) is 10.6. The van der Waals surface area contributed by atoms with Crippen molar-refractivity contribution in [2.75, 3.05) is 33.2 Å². The van der Waals surface area contributed by atoms with E-state index in [0.29, 0.717) is 11.6 Å². The predicted molar refractivity (Wildman–Crippen MR) is 83.6 cm³/mol. The first-order valence-corrected chi connectivity index (χ1v) is 6.74. The first-order valence-electron chi connectivity index (χ1n) is 6.74. The molecule has 0 unspecified atom stereocenters. The van der Waals surface area contributed by atoms with Crippen LogP contribution in [0.3, 0.4) is 0 Å². The van der Waals surface area contributed by atoms with Crippen LogP contribution in [0.1, 0.15) is 0 Å². The fourth-order valence-corrected chi connectivity index (χ4v) is 2.24. The molecule has 0 aromatic carbocycles. The normalized spacial score (nSPS) is 10.7. The zero-order chi connectivity index (χ0) is 15.7. The molecule has 3 rings (SSSR count). The molecule has 0 amide bonds. The van der Waals surface area contributed by atoms with E-state index in [4.69, 9.17) is 9.47 Å². The number of aromatic nitrogens is 4. The van der Waals surface area contributed by atoms with E-state index in [1.54, 1.807) is 31.1 Å². The summed E-state index contributed by atoms with van der Waals surface area (Å²) in [6.45, 7) is 0. The Kier molecular flexibility index (Phi) is 3.54. The van der Waals surface area contributed by atoms with Gasteiger partial charge in [0.05, 0.1) is 26.6 Å². The number of pyridine rings is 1. The minimum Gasteiger partial charge on any atom is -0.491 e. The Hall–Kier alpha value is -2.83. The number of rotatable bonds is 4. The van der Waals surface area contributed by atoms with Crippen LogP contribution in [0.5, 0.6) is 11.6 Å². The SMILES string of the molecule is COc1cc(-c2cnn3cc(OC)c(N(C)C)nc23)ccn1. The molecule has 0 N–H and O–H groups in total. The molecule has 0 fully saturated rings. The number of nitrogens with zero attached hydrogens (tertiary/aromatic N) is 5. The fraction of sp³-hybridized carbons (Fsp3) is 0.267. The maximum absolute atomic E-state index is 5.37. The van der Waals surface area contributed by atoms with E-state index in [9.17, 15) is 0 Å². The molecule has 7 heteroatoms. The molecule has 0 atom stereocenters. The summed E-state index contributed by atoms with van der Waals surface area (Å²) in [5, 5.41) is 4.35. The van der Waals surface area contributed by atoms with Gasteiger partial charge in [-0.05, 0) is 11.6 Å². The van der Waals surface area contributed by atoms with Gasteiger partial charge in [0, 0.05) is 31.9 Å². The molecule has 0 radical (unpaired) electrons. The van der Waals surface area contributed by atoms with Crippen molar-refractivity contribution in [2.45, 2.75) is 0 Å². The Labute approximate surface area is 128 Å². The molecule has 22 heavy (non-hydrogen) atoms. The van der Waals surface area contributed by atoms with E-state index in [-0.39, 0.29) is 0 Å².